The van der Waals surface area contributed by atoms with Gasteiger partial charge < -0.3 is 0 Å². The van der Waals surface area contributed by atoms with E-state index in [0.717, 1.165) is 11.5 Å². The molecule has 1 aliphatic heterocycles. The van der Waals surface area contributed by atoms with E-state index in [4.69, 9.17) is 0 Å². The molecule has 0 aromatic rings. The molecule has 2 nitrogen and oxygen atoms in total. The van der Waals surface area contributed by atoms with Gasteiger partial charge >= 0.3 is 0 Å². The van der Waals surface area contributed by atoms with Crippen LogP contribution in [0.15, 0.2) is 0 Å². The summed E-state index contributed by atoms with van der Waals surface area (Å²) >= 11 is 0. The standard InChI is InChI=1S/C3H5NO/c5-4-2-1-3-4/h2H,1,3H2/q+1. The molecule has 0 aliphatic carbocycles. The number of nitrogens with zero attached hydrogens (tertiary/aromatic N) is 1. The lowest BCUT2D eigenvalue weighted by atomic mass is 10.3. The van der Waals surface area contributed by atoms with Crippen LogP contribution in [0.2, 0.25) is 0 Å². The molecule has 0 atom stereocenters. The molecule has 1 fully saturated rings. The lowest BCUT2D eigenvalue weighted by Crippen LogP contribution is -2.32. The predicted octanol–water partition coefficient (Wildman–Crippen LogP) is 0.0375. The summed E-state index contributed by atoms with van der Waals surface area (Å²) in [5.74, 6) is 0. The lowest BCUT2D eigenvalue weighted by molar-refractivity contribution is -0.0688. The zero-order valence-electron chi connectivity index (χ0n) is 2.85. The van der Waals surface area contributed by atoms with Gasteiger partial charge in [0.15, 0.2) is 6.54 Å². The van der Waals surface area contributed by atoms with Crippen molar-refractivity contribution < 1.29 is 5.21 Å². The lowest BCUT2D eigenvalue weighted by Gasteiger charge is -2.02. The van der Waals surface area contributed by atoms with Gasteiger partial charge in [0, 0.05) is 5.06 Å². The monoisotopic (exact) mass is 71.0 g/mol. The van der Waals surface area contributed by atoms with Crippen LogP contribution in [0, 0.1) is 6.54 Å². The second-order valence-electron chi connectivity index (χ2n) is 1.11. The second kappa shape index (κ2) is 0.954. The number of hydroxylamine groups is 2. The van der Waals surface area contributed by atoms with Crippen molar-refractivity contribution >= 4 is 0 Å². The zero-order chi connectivity index (χ0) is 3.70. The quantitative estimate of drug-likeness (QED) is 0.360. The highest BCUT2D eigenvalue weighted by molar-refractivity contribution is 4.76. The van der Waals surface area contributed by atoms with E-state index in [9.17, 15) is 5.21 Å². The molecule has 1 heterocycles. The molecular formula is C3H5NO+. The van der Waals surface area contributed by atoms with Crippen LogP contribution in [-0.2, 0) is 5.21 Å². The van der Waals surface area contributed by atoms with Crippen LogP contribution in [0.5, 0.6) is 0 Å². The molecule has 0 saturated carbocycles. The Morgan fingerprint density at radius 2 is 2.20 bits per heavy atom. The Kier molecular flexibility index (Phi) is 0.596. The van der Waals surface area contributed by atoms with E-state index < -0.39 is 0 Å². The van der Waals surface area contributed by atoms with Gasteiger partial charge in [-0.15, -0.1) is 0 Å². The van der Waals surface area contributed by atoms with Gasteiger partial charge in [-0.05, 0) is 0 Å². The Balaban J connectivity index is 2.08. The van der Waals surface area contributed by atoms with Gasteiger partial charge in [-0.3, -0.25) is 0 Å². The van der Waals surface area contributed by atoms with Crippen LogP contribution >= 0.6 is 0 Å². The topological polar surface area (TPSA) is 25.8 Å². The first-order valence-corrected chi connectivity index (χ1v) is 1.67. The molecular weight excluding hydrogens is 66.0 g/mol. The largest absolute Gasteiger partial charge is 0.238 e. The summed E-state index contributed by atoms with van der Waals surface area (Å²) in [5, 5.41) is 10.7. The highest BCUT2D eigenvalue weighted by Gasteiger charge is 2.26. The van der Waals surface area contributed by atoms with Gasteiger partial charge in [-0.1, -0.05) is 0 Å². The van der Waals surface area contributed by atoms with Gasteiger partial charge in [-0.2, -0.15) is 0 Å². The maximum atomic E-state index is 9.76. The molecule has 2 heteroatoms. The SMILES string of the molecule is [O][N+]1[CH]CC1. The van der Waals surface area contributed by atoms with Crippen molar-refractivity contribution in [1.82, 2.24) is 5.06 Å². The van der Waals surface area contributed by atoms with Crippen molar-refractivity contribution in [2.75, 3.05) is 6.54 Å². The first kappa shape index (κ1) is 3.12. The summed E-state index contributed by atoms with van der Waals surface area (Å²) in [7, 11) is 0. The van der Waals surface area contributed by atoms with Crippen LogP contribution in [0.4, 0.5) is 0 Å². The summed E-state index contributed by atoms with van der Waals surface area (Å²) in [6, 6.07) is 0. The molecule has 0 aromatic carbocycles. The Labute approximate surface area is 31.0 Å². The van der Waals surface area contributed by atoms with E-state index in [1.807, 2.05) is 0 Å². The molecule has 3 radical (unpaired) electrons. The van der Waals surface area contributed by atoms with E-state index >= 15 is 0 Å². The summed E-state index contributed by atoms with van der Waals surface area (Å²) in [4.78, 5) is 0. The molecule has 0 amide bonds. The molecule has 0 spiro atoms. The second-order valence-corrected chi connectivity index (χ2v) is 1.11. The minimum atomic E-state index is 0.708. The normalized spacial score (nSPS) is 25.8. The third kappa shape index (κ3) is 0.412. The molecule has 0 N–H and O–H groups in total. The summed E-state index contributed by atoms with van der Waals surface area (Å²) < 4.78 is 0. The first-order valence-electron chi connectivity index (χ1n) is 1.67. The molecule has 5 heavy (non-hydrogen) atoms. The van der Waals surface area contributed by atoms with Gasteiger partial charge in [0.1, 0.15) is 0 Å². The van der Waals surface area contributed by atoms with Crippen LogP contribution < -0.4 is 5.06 Å². The fourth-order valence-corrected chi connectivity index (χ4v) is 0.235. The fraction of sp³-hybridized carbons (Fsp3) is 0.667. The maximum Gasteiger partial charge on any atom is 0.238 e. The van der Waals surface area contributed by atoms with E-state index in [1.54, 1.807) is 6.54 Å². The summed E-state index contributed by atoms with van der Waals surface area (Å²) in [6.07, 6.45) is 0.976. The first-order chi connectivity index (χ1) is 2.39. The molecule has 1 saturated heterocycles. The average Bonchev–Trinajstić information content (AvgIpc) is 1.30. The molecule has 1 aliphatic rings. The molecule has 27 valence electrons. The van der Waals surface area contributed by atoms with Crippen LogP contribution in [-0.4, -0.2) is 6.54 Å². The van der Waals surface area contributed by atoms with Gasteiger partial charge in [0.05, 0.1) is 11.6 Å². The van der Waals surface area contributed by atoms with Crippen LogP contribution in [0.1, 0.15) is 6.42 Å². The van der Waals surface area contributed by atoms with Crippen molar-refractivity contribution in [3.8, 4) is 0 Å². The molecule has 1 rings (SSSR count). The number of rotatable bonds is 0. The Morgan fingerprint density at radius 3 is 2.20 bits per heavy atom. The highest BCUT2D eigenvalue weighted by Crippen LogP contribution is 2.01. The molecule has 0 bridgehead atoms. The smallest absolute Gasteiger partial charge is 0.0443 e. The van der Waals surface area contributed by atoms with Crippen molar-refractivity contribution in [3.63, 3.8) is 0 Å². The van der Waals surface area contributed by atoms with Crippen LogP contribution in [0.3, 0.4) is 0 Å². The van der Waals surface area contributed by atoms with E-state index in [-0.39, 0.29) is 0 Å². The number of hydrogen-bond donors (Lipinski definition) is 0. The average molecular weight is 71.1 g/mol. The third-order valence-electron chi connectivity index (χ3n) is 0.682. The third-order valence-corrected chi connectivity index (χ3v) is 0.682. The van der Waals surface area contributed by atoms with E-state index in [0.29, 0.717) is 6.54 Å². The van der Waals surface area contributed by atoms with E-state index in [2.05, 4.69) is 0 Å². The van der Waals surface area contributed by atoms with Gasteiger partial charge in [-0.25, -0.2) is 0 Å². The highest BCUT2D eigenvalue weighted by atomic mass is 16.5. The van der Waals surface area contributed by atoms with Crippen LogP contribution in [0.25, 0.3) is 0 Å². The summed E-state index contributed by atoms with van der Waals surface area (Å²) in [5.41, 5.74) is 0. The Bertz CT molecular complexity index is 33.9. The molecule has 0 aromatic heterocycles. The van der Waals surface area contributed by atoms with Gasteiger partial charge in [0.2, 0.25) is 6.54 Å². The maximum absolute atomic E-state index is 9.76. The predicted molar refractivity (Wildman–Crippen MR) is 16.6 cm³/mol. The fourth-order valence-electron chi connectivity index (χ4n) is 0.235. The van der Waals surface area contributed by atoms with Crippen molar-refractivity contribution in [1.29, 1.82) is 0 Å². The van der Waals surface area contributed by atoms with E-state index in [1.165, 1.54) is 0 Å². The summed E-state index contributed by atoms with van der Waals surface area (Å²) in [6.45, 7) is 2.33. The van der Waals surface area contributed by atoms with Gasteiger partial charge in [0.25, 0.3) is 0 Å². The Morgan fingerprint density at radius 1 is 1.80 bits per heavy atom. The zero-order valence-corrected chi connectivity index (χ0v) is 2.85. The minimum Gasteiger partial charge on any atom is 0.0443 e. The number of hydrogen-bond acceptors (Lipinski definition) is 1. The van der Waals surface area contributed by atoms with Crippen molar-refractivity contribution in [2.45, 2.75) is 6.42 Å². The minimum absolute atomic E-state index is 0.708. The molecule has 0 unspecified atom stereocenters. The Hall–Kier alpha value is -0.0800. The van der Waals surface area contributed by atoms with Crippen molar-refractivity contribution in [3.05, 3.63) is 6.54 Å². The van der Waals surface area contributed by atoms with Crippen molar-refractivity contribution in [2.24, 2.45) is 0 Å².